The first kappa shape index (κ1) is 19.9. The molecule has 0 aliphatic carbocycles. The number of nitrogens with one attached hydrogen (secondary N) is 2. The number of nitrogens with zero attached hydrogens (tertiary/aromatic N) is 1. The zero-order valence-corrected chi connectivity index (χ0v) is 15.5. The Kier molecular flexibility index (Phi) is 4.69. The van der Waals surface area contributed by atoms with Gasteiger partial charge in [-0.1, -0.05) is 30.3 Å². The summed E-state index contributed by atoms with van der Waals surface area (Å²) in [5, 5.41) is 10.9. The van der Waals surface area contributed by atoms with Gasteiger partial charge in [-0.2, -0.15) is 0 Å². The minimum absolute atomic E-state index is 0.204. The summed E-state index contributed by atoms with van der Waals surface area (Å²) in [6.45, 7) is 2.36. The number of benzene rings is 2. The van der Waals surface area contributed by atoms with Crippen molar-refractivity contribution >= 4 is 11.9 Å². The molecular formula is C20H19F4N3O. The van der Waals surface area contributed by atoms with Gasteiger partial charge in [0.15, 0.2) is 17.6 Å². The topological polar surface area (TPSA) is 56.2 Å². The molecule has 1 heterocycles. The summed E-state index contributed by atoms with van der Waals surface area (Å²) in [6.07, 6.45) is 0. The molecule has 0 bridgehead atoms. The van der Waals surface area contributed by atoms with Gasteiger partial charge in [0.1, 0.15) is 0 Å². The molecule has 1 fully saturated rings. The highest BCUT2D eigenvalue weighted by Crippen LogP contribution is 2.41. The van der Waals surface area contributed by atoms with Gasteiger partial charge in [-0.05, 0) is 30.2 Å². The second-order valence-electron chi connectivity index (χ2n) is 7.15. The zero-order chi connectivity index (χ0) is 20.9. The molecule has 0 unspecified atom stereocenters. The van der Waals surface area contributed by atoms with Crippen LogP contribution >= 0.6 is 0 Å². The van der Waals surface area contributed by atoms with Crippen LogP contribution in [0.4, 0.5) is 17.6 Å². The molecule has 1 aliphatic rings. The minimum atomic E-state index is -3.03. The Morgan fingerprint density at radius 1 is 1.11 bits per heavy atom. The van der Waals surface area contributed by atoms with Crippen molar-refractivity contribution in [1.82, 2.24) is 10.2 Å². The van der Waals surface area contributed by atoms with E-state index in [1.165, 1.54) is 37.4 Å². The Hall–Kier alpha value is -2.90. The molecule has 0 spiro atoms. The SMILES string of the molecule is CN1C(=N)N[C@](C)(c2ccc(F)c(F)c2)[C@H](c2ccc(C(C)(F)F)cc2)C1=O. The summed E-state index contributed by atoms with van der Waals surface area (Å²) < 4.78 is 54.3. The van der Waals surface area contributed by atoms with Crippen LogP contribution in [0.3, 0.4) is 0 Å². The first-order chi connectivity index (χ1) is 12.9. The first-order valence-electron chi connectivity index (χ1n) is 8.53. The molecule has 4 nitrogen and oxygen atoms in total. The number of hydrogen-bond donors (Lipinski definition) is 2. The summed E-state index contributed by atoms with van der Waals surface area (Å²) in [7, 11) is 1.41. The fourth-order valence-corrected chi connectivity index (χ4v) is 3.45. The van der Waals surface area contributed by atoms with E-state index in [2.05, 4.69) is 5.32 Å². The quantitative estimate of drug-likeness (QED) is 0.773. The number of rotatable bonds is 3. The molecule has 0 aromatic heterocycles. The first-order valence-corrected chi connectivity index (χ1v) is 8.53. The van der Waals surface area contributed by atoms with E-state index in [0.29, 0.717) is 5.56 Å². The molecule has 148 valence electrons. The van der Waals surface area contributed by atoms with E-state index >= 15 is 0 Å². The van der Waals surface area contributed by atoms with Crippen molar-refractivity contribution in [1.29, 1.82) is 5.41 Å². The lowest BCUT2D eigenvalue weighted by atomic mass is 9.73. The lowest BCUT2D eigenvalue weighted by Crippen LogP contribution is -2.62. The van der Waals surface area contributed by atoms with Gasteiger partial charge in [-0.3, -0.25) is 15.1 Å². The molecule has 1 saturated heterocycles. The second-order valence-corrected chi connectivity index (χ2v) is 7.15. The van der Waals surface area contributed by atoms with Gasteiger partial charge in [0.25, 0.3) is 5.92 Å². The van der Waals surface area contributed by atoms with Gasteiger partial charge < -0.3 is 5.32 Å². The summed E-state index contributed by atoms with van der Waals surface area (Å²) in [6, 6.07) is 8.54. The van der Waals surface area contributed by atoms with Crippen LogP contribution in [-0.2, 0) is 16.3 Å². The lowest BCUT2D eigenvalue weighted by molar-refractivity contribution is -0.131. The van der Waals surface area contributed by atoms with Crippen LogP contribution in [0.2, 0.25) is 0 Å². The molecule has 2 aromatic rings. The predicted molar refractivity (Wildman–Crippen MR) is 96.1 cm³/mol. The van der Waals surface area contributed by atoms with Gasteiger partial charge in [-0.15, -0.1) is 0 Å². The molecule has 1 aliphatic heterocycles. The number of halogens is 4. The molecule has 28 heavy (non-hydrogen) atoms. The maximum Gasteiger partial charge on any atom is 0.270 e. The van der Waals surface area contributed by atoms with E-state index in [1.54, 1.807) is 6.92 Å². The van der Waals surface area contributed by atoms with Crippen molar-refractivity contribution in [3.63, 3.8) is 0 Å². The average Bonchev–Trinajstić information content (AvgIpc) is 2.62. The number of guanidine groups is 1. The van der Waals surface area contributed by atoms with Crippen LogP contribution in [0.1, 0.15) is 36.5 Å². The Labute approximate surface area is 159 Å². The van der Waals surface area contributed by atoms with Crippen molar-refractivity contribution in [2.75, 3.05) is 7.05 Å². The number of carbonyl (C=O) groups is 1. The summed E-state index contributed by atoms with van der Waals surface area (Å²) in [5.41, 5.74) is -0.821. The molecule has 2 aromatic carbocycles. The van der Waals surface area contributed by atoms with Crippen LogP contribution < -0.4 is 5.32 Å². The maximum atomic E-state index is 13.9. The smallest absolute Gasteiger partial charge is 0.270 e. The van der Waals surface area contributed by atoms with Crippen molar-refractivity contribution in [2.24, 2.45) is 0 Å². The van der Waals surface area contributed by atoms with E-state index in [0.717, 1.165) is 24.0 Å². The van der Waals surface area contributed by atoms with Crippen LogP contribution in [0, 0.1) is 17.0 Å². The van der Waals surface area contributed by atoms with Crippen LogP contribution in [0.5, 0.6) is 0 Å². The normalized spacial score (nSPS) is 23.0. The second kappa shape index (κ2) is 6.61. The number of amides is 1. The van der Waals surface area contributed by atoms with Gasteiger partial charge in [0.2, 0.25) is 5.91 Å². The Morgan fingerprint density at radius 3 is 2.25 bits per heavy atom. The molecule has 2 atom stereocenters. The van der Waals surface area contributed by atoms with Crippen molar-refractivity contribution in [2.45, 2.75) is 31.2 Å². The third kappa shape index (κ3) is 3.23. The third-order valence-corrected chi connectivity index (χ3v) is 5.14. The van der Waals surface area contributed by atoms with Crippen LogP contribution in [0.25, 0.3) is 0 Å². The molecule has 0 radical (unpaired) electrons. The highest BCUT2D eigenvalue weighted by molar-refractivity contribution is 6.02. The highest BCUT2D eigenvalue weighted by Gasteiger charge is 2.48. The number of hydrogen-bond acceptors (Lipinski definition) is 2. The van der Waals surface area contributed by atoms with Crippen LogP contribution in [-0.4, -0.2) is 23.8 Å². The number of likely N-dealkylation sites (N-methyl/N-ethyl adjacent to an activating group) is 1. The monoisotopic (exact) mass is 393 g/mol. The Bertz CT molecular complexity index is 939. The maximum absolute atomic E-state index is 13.9. The average molecular weight is 393 g/mol. The van der Waals surface area contributed by atoms with Crippen molar-refractivity contribution in [3.05, 3.63) is 70.8 Å². The van der Waals surface area contributed by atoms with E-state index in [1.807, 2.05) is 0 Å². The largest absolute Gasteiger partial charge is 0.346 e. The van der Waals surface area contributed by atoms with E-state index in [4.69, 9.17) is 5.41 Å². The molecule has 8 heteroatoms. The zero-order valence-electron chi connectivity index (χ0n) is 15.5. The van der Waals surface area contributed by atoms with Gasteiger partial charge in [-0.25, -0.2) is 17.6 Å². The van der Waals surface area contributed by atoms with Crippen molar-refractivity contribution in [3.8, 4) is 0 Å². The number of carbonyl (C=O) groups excluding carboxylic acids is 1. The van der Waals surface area contributed by atoms with Gasteiger partial charge in [0.05, 0.1) is 11.5 Å². The van der Waals surface area contributed by atoms with Gasteiger partial charge >= 0.3 is 0 Å². The van der Waals surface area contributed by atoms with E-state index < -0.39 is 34.9 Å². The van der Waals surface area contributed by atoms with Crippen molar-refractivity contribution < 1.29 is 22.4 Å². The summed E-state index contributed by atoms with van der Waals surface area (Å²) in [4.78, 5) is 14.1. The highest BCUT2D eigenvalue weighted by atomic mass is 19.3. The molecular weight excluding hydrogens is 374 g/mol. The summed E-state index contributed by atoms with van der Waals surface area (Å²) in [5.74, 6) is -6.77. The lowest BCUT2D eigenvalue weighted by Gasteiger charge is -2.46. The van der Waals surface area contributed by atoms with E-state index in [9.17, 15) is 22.4 Å². The predicted octanol–water partition coefficient (Wildman–Crippen LogP) is 4.07. The number of alkyl halides is 2. The Balaban J connectivity index is 2.14. The fourth-order valence-electron chi connectivity index (χ4n) is 3.45. The molecule has 2 N–H and O–H groups in total. The summed E-state index contributed by atoms with van der Waals surface area (Å²) >= 11 is 0. The van der Waals surface area contributed by atoms with Crippen LogP contribution in [0.15, 0.2) is 42.5 Å². The third-order valence-electron chi connectivity index (χ3n) is 5.14. The van der Waals surface area contributed by atoms with Gasteiger partial charge in [0, 0.05) is 19.5 Å². The Morgan fingerprint density at radius 2 is 1.71 bits per heavy atom. The fraction of sp³-hybridized carbons (Fsp3) is 0.300. The molecule has 0 saturated carbocycles. The van der Waals surface area contributed by atoms with E-state index in [-0.39, 0.29) is 17.1 Å². The standard InChI is InChI=1S/C20H19F4N3O/c1-19(13-8-9-14(21)15(22)10-13)16(17(28)27(3)18(25)26-19)11-4-6-12(7-5-11)20(2,23)24/h4-10,16H,1-3H3,(H2,25,26)/t16-,19-/m1/s1. The molecule has 3 rings (SSSR count). The molecule has 1 amide bonds. The minimum Gasteiger partial charge on any atom is -0.346 e.